The maximum absolute atomic E-state index is 11.3. The number of carbonyl (C=O) groups excluding carboxylic acids is 1. The van der Waals surface area contributed by atoms with Crippen molar-refractivity contribution in [2.75, 3.05) is 0 Å². The first-order valence-electron chi connectivity index (χ1n) is 4.10. The highest BCUT2D eigenvalue weighted by Gasteiger charge is 2.26. The van der Waals surface area contributed by atoms with Crippen molar-refractivity contribution in [2.45, 2.75) is 19.1 Å². The Morgan fingerprint density at radius 1 is 1.60 bits per heavy atom. The molecule has 0 aliphatic carbocycles. The molecule has 0 aromatic carbocycles. The number of hydrogen-bond acceptors (Lipinski definition) is 5. The van der Waals surface area contributed by atoms with Gasteiger partial charge < -0.3 is 15.5 Å². The zero-order valence-electron chi connectivity index (χ0n) is 7.84. The Hall–Kier alpha value is -1.96. The number of carboxylic acid groups (broad SMARTS) is 1. The third kappa shape index (κ3) is 2.74. The first kappa shape index (κ1) is 11.1. The van der Waals surface area contributed by atoms with Gasteiger partial charge >= 0.3 is 5.97 Å². The lowest BCUT2D eigenvalue weighted by Gasteiger charge is -2.15. The maximum atomic E-state index is 11.3. The summed E-state index contributed by atoms with van der Waals surface area (Å²) in [6.07, 6.45) is -0.0469. The Balaban J connectivity index is 2.67. The highest BCUT2D eigenvalue weighted by Crippen LogP contribution is 1.96. The maximum Gasteiger partial charge on any atom is 0.328 e. The van der Waals surface area contributed by atoms with Crippen molar-refractivity contribution in [1.29, 1.82) is 0 Å². The molecule has 0 bridgehead atoms. The zero-order valence-corrected chi connectivity index (χ0v) is 7.84. The van der Waals surface area contributed by atoms with Crippen LogP contribution in [0.5, 0.6) is 0 Å². The predicted octanol–water partition coefficient (Wildman–Crippen LogP) is -1.63. The Morgan fingerprint density at radius 2 is 2.27 bits per heavy atom. The molecule has 0 fully saturated rings. The minimum Gasteiger partial charge on any atom is -0.480 e. The van der Waals surface area contributed by atoms with Crippen molar-refractivity contribution < 1.29 is 19.8 Å². The molecule has 8 heteroatoms. The lowest BCUT2D eigenvalue weighted by atomic mass is 10.2. The van der Waals surface area contributed by atoms with Crippen molar-refractivity contribution in [3.8, 4) is 0 Å². The summed E-state index contributed by atoms with van der Waals surface area (Å²) < 4.78 is 0. The molecule has 4 N–H and O–H groups in total. The Kier molecular flexibility index (Phi) is 3.34. The van der Waals surface area contributed by atoms with Gasteiger partial charge in [0.1, 0.15) is 0 Å². The van der Waals surface area contributed by atoms with Gasteiger partial charge in [-0.2, -0.15) is 15.4 Å². The molecule has 1 amide bonds. The van der Waals surface area contributed by atoms with Gasteiger partial charge in [0.25, 0.3) is 5.91 Å². The van der Waals surface area contributed by atoms with Crippen LogP contribution in [0, 0.1) is 0 Å². The number of aliphatic hydroxyl groups is 1. The molecule has 82 valence electrons. The summed E-state index contributed by atoms with van der Waals surface area (Å²) in [5.41, 5.74) is -0.0399. The minimum absolute atomic E-state index is 0.0399. The van der Waals surface area contributed by atoms with Crippen LogP contribution in [-0.4, -0.2) is 49.6 Å². The van der Waals surface area contributed by atoms with E-state index in [1.165, 1.54) is 6.92 Å². The lowest BCUT2D eigenvalue weighted by Crippen LogP contribution is -2.47. The molecule has 2 atom stereocenters. The number of aliphatic carboxylic acids is 1. The van der Waals surface area contributed by atoms with Crippen LogP contribution in [0.25, 0.3) is 0 Å². The molecule has 15 heavy (non-hydrogen) atoms. The van der Waals surface area contributed by atoms with Crippen LogP contribution in [-0.2, 0) is 4.79 Å². The quantitative estimate of drug-likeness (QED) is 0.476. The third-order valence-corrected chi connectivity index (χ3v) is 1.68. The van der Waals surface area contributed by atoms with Crippen LogP contribution in [0.4, 0.5) is 0 Å². The lowest BCUT2D eigenvalue weighted by molar-refractivity contribution is -0.141. The van der Waals surface area contributed by atoms with Gasteiger partial charge in [0.15, 0.2) is 11.7 Å². The molecule has 1 rings (SSSR count). The van der Waals surface area contributed by atoms with E-state index in [0.717, 1.165) is 6.20 Å². The third-order valence-electron chi connectivity index (χ3n) is 1.68. The van der Waals surface area contributed by atoms with Gasteiger partial charge in [-0.15, -0.1) is 0 Å². The molecule has 1 heterocycles. The normalized spacial score (nSPS) is 14.3. The number of aromatic amines is 1. The molecule has 1 aromatic heterocycles. The number of carbonyl (C=O) groups is 2. The molecule has 0 aliphatic heterocycles. The summed E-state index contributed by atoms with van der Waals surface area (Å²) in [5.74, 6) is -2.03. The second-order valence-electron chi connectivity index (χ2n) is 2.89. The number of nitrogens with one attached hydrogen (secondary N) is 2. The molecule has 0 radical (unpaired) electrons. The molecule has 0 spiro atoms. The van der Waals surface area contributed by atoms with Crippen molar-refractivity contribution in [3.05, 3.63) is 11.9 Å². The second kappa shape index (κ2) is 4.51. The van der Waals surface area contributed by atoms with Crippen LogP contribution < -0.4 is 5.32 Å². The van der Waals surface area contributed by atoms with Crippen LogP contribution >= 0.6 is 0 Å². The summed E-state index contributed by atoms with van der Waals surface area (Å²) in [6, 6.07) is -1.37. The summed E-state index contributed by atoms with van der Waals surface area (Å²) in [4.78, 5) is 21.9. The fraction of sp³-hybridized carbons (Fsp3) is 0.429. The number of carboxylic acids is 1. The number of rotatable bonds is 4. The number of aromatic nitrogens is 3. The van der Waals surface area contributed by atoms with Crippen LogP contribution in [0.3, 0.4) is 0 Å². The van der Waals surface area contributed by atoms with Crippen molar-refractivity contribution in [1.82, 2.24) is 20.7 Å². The fourth-order valence-electron chi connectivity index (χ4n) is 0.915. The smallest absolute Gasteiger partial charge is 0.328 e. The van der Waals surface area contributed by atoms with E-state index < -0.39 is 24.0 Å². The number of aliphatic hydroxyl groups excluding tert-OH is 1. The molecule has 0 aliphatic rings. The first-order chi connectivity index (χ1) is 7.02. The van der Waals surface area contributed by atoms with Gasteiger partial charge in [-0.3, -0.25) is 4.79 Å². The molecule has 8 nitrogen and oxygen atoms in total. The van der Waals surface area contributed by atoms with E-state index >= 15 is 0 Å². The Labute approximate surface area is 84.3 Å². The van der Waals surface area contributed by atoms with E-state index in [0.29, 0.717) is 0 Å². The Morgan fingerprint density at radius 3 is 2.67 bits per heavy atom. The first-order valence-corrected chi connectivity index (χ1v) is 4.10. The highest BCUT2D eigenvalue weighted by molar-refractivity contribution is 5.94. The van der Waals surface area contributed by atoms with Gasteiger partial charge in [0, 0.05) is 0 Å². The van der Waals surface area contributed by atoms with Gasteiger partial charge in [-0.05, 0) is 6.92 Å². The molecule has 0 saturated carbocycles. The number of amides is 1. The van der Waals surface area contributed by atoms with E-state index in [-0.39, 0.29) is 5.69 Å². The summed E-state index contributed by atoms with van der Waals surface area (Å²) in [7, 11) is 0. The summed E-state index contributed by atoms with van der Waals surface area (Å²) >= 11 is 0. The van der Waals surface area contributed by atoms with Crippen LogP contribution in [0.15, 0.2) is 6.20 Å². The molecular weight excluding hydrogens is 204 g/mol. The van der Waals surface area contributed by atoms with E-state index in [2.05, 4.69) is 20.7 Å². The molecule has 0 saturated heterocycles. The number of nitrogens with zero attached hydrogens (tertiary/aromatic N) is 2. The van der Waals surface area contributed by atoms with E-state index in [4.69, 9.17) is 10.2 Å². The SMILES string of the molecule is CC(O)C(NC(=O)c1cn[nH]n1)C(=O)O. The largest absolute Gasteiger partial charge is 0.480 e. The van der Waals surface area contributed by atoms with Gasteiger partial charge in [-0.25, -0.2) is 4.79 Å². The van der Waals surface area contributed by atoms with E-state index in [9.17, 15) is 9.59 Å². The topological polar surface area (TPSA) is 128 Å². The van der Waals surface area contributed by atoms with Crippen molar-refractivity contribution in [2.24, 2.45) is 0 Å². The predicted molar refractivity (Wildman–Crippen MR) is 47.0 cm³/mol. The summed E-state index contributed by atoms with van der Waals surface area (Å²) in [5, 5.41) is 28.9. The molecule has 2 unspecified atom stereocenters. The Bertz CT molecular complexity index is 348. The zero-order chi connectivity index (χ0) is 11.4. The minimum atomic E-state index is -1.37. The van der Waals surface area contributed by atoms with Gasteiger partial charge in [0.2, 0.25) is 0 Å². The average Bonchev–Trinajstić information content (AvgIpc) is 2.65. The summed E-state index contributed by atoms with van der Waals surface area (Å²) in [6.45, 7) is 1.27. The molecular formula is C7H10N4O4. The number of H-pyrrole nitrogens is 1. The number of hydrogen-bond donors (Lipinski definition) is 4. The van der Waals surface area contributed by atoms with Gasteiger partial charge in [0.05, 0.1) is 12.3 Å². The van der Waals surface area contributed by atoms with Gasteiger partial charge in [-0.1, -0.05) is 0 Å². The molecule has 1 aromatic rings. The average molecular weight is 214 g/mol. The van der Waals surface area contributed by atoms with Crippen LogP contribution in [0.2, 0.25) is 0 Å². The second-order valence-corrected chi connectivity index (χ2v) is 2.89. The monoisotopic (exact) mass is 214 g/mol. The van der Waals surface area contributed by atoms with Crippen LogP contribution in [0.1, 0.15) is 17.4 Å². The van der Waals surface area contributed by atoms with E-state index in [1.54, 1.807) is 0 Å². The van der Waals surface area contributed by atoms with Crippen molar-refractivity contribution >= 4 is 11.9 Å². The fourth-order valence-corrected chi connectivity index (χ4v) is 0.915. The standard InChI is InChI=1S/C7H10N4O4/c1-3(12)5(7(14)15)9-6(13)4-2-8-11-10-4/h2-3,5,12H,1H3,(H,9,13)(H,14,15)(H,8,10,11). The van der Waals surface area contributed by atoms with Crippen molar-refractivity contribution in [3.63, 3.8) is 0 Å². The van der Waals surface area contributed by atoms with E-state index in [1.807, 2.05) is 0 Å². The highest BCUT2D eigenvalue weighted by atomic mass is 16.4.